The first kappa shape index (κ1) is 17.5. The van der Waals surface area contributed by atoms with Gasteiger partial charge in [-0.1, -0.05) is 6.07 Å². The molecular weight excluding hydrogens is 347 g/mol. The third kappa shape index (κ3) is 3.51. The van der Waals surface area contributed by atoms with Crippen molar-refractivity contribution >= 4 is 23.9 Å². The van der Waals surface area contributed by atoms with E-state index >= 15 is 0 Å². The number of amides is 2. The van der Waals surface area contributed by atoms with Crippen LogP contribution in [0.3, 0.4) is 0 Å². The van der Waals surface area contributed by atoms with Gasteiger partial charge in [0.1, 0.15) is 17.5 Å². The van der Waals surface area contributed by atoms with Gasteiger partial charge in [0.2, 0.25) is 0 Å². The second kappa shape index (κ2) is 7.02. The van der Waals surface area contributed by atoms with Crippen molar-refractivity contribution in [1.82, 2.24) is 14.7 Å². The van der Waals surface area contributed by atoms with Crippen molar-refractivity contribution in [2.45, 2.75) is 19.9 Å². The number of anilines is 1. The van der Waals surface area contributed by atoms with Gasteiger partial charge in [-0.15, -0.1) is 0 Å². The fraction of sp³-hybridized carbons (Fsp3) is 0.421. The van der Waals surface area contributed by atoms with Crippen molar-refractivity contribution in [2.75, 3.05) is 38.0 Å². The summed E-state index contributed by atoms with van der Waals surface area (Å²) in [5, 5.41) is 2.81. The minimum absolute atomic E-state index is 0.204. The third-order valence-corrected chi connectivity index (χ3v) is 5.10. The second-order valence-corrected chi connectivity index (χ2v) is 7.05. The highest BCUT2D eigenvalue weighted by atomic mass is 19.1. The molecule has 1 fully saturated rings. The van der Waals surface area contributed by atoms with Crippen molar-refractivity contribution in [3.8, 4) is 0 Å². The second-order valence-electron chi connectivity index (χ2n) is 7.05. The number of hydrogen-bond donors (Lipinski definition) is 1. The van der Waals surface area contributed by atoms with Crippen LogP contribution in [-0.4, -0.2) is 71.7 Å². The Morgan fingerprint density at radius 3 is 2.81 bits per heavy atom. The molecular formula is C19H23FN6O. The van der Waals surface area contributed by atoms with E-state index in [1.807, 2.05) is 12.4 Å². The van der Waals surface area contributed by atoms with Crippen molar-refractivity contribution in [2.24, 2.45) is 9.98 Å². The van der Waals surface area contributed by atoms with E-state index in [0.717, 1.165) is 18.2 Å². The summed E-state index contributed by atoms with van der Waals surface area (Å²) in [5.41, 5.74) is 0.956. The number of amidine groups is 1. The first-order valence-corrected chi connectivity index (χ1v) is 9.17. The highest BCUT2D eigenvalue weighted by Crippen LogP contribution is 2.20. The lowest BCUT2D eigenvalue weighted by Crippen LogP contribution is -2.50. The number of urea groups is 1. The lowest BCUT2D eigenvalue weighted by atomic mass is 10.2. The van der Waals surface area contributed by atoms with E-state index in [2.05, 4.69) is 32.0 Å². The van der Waals surface area contributed by atoms with Crippen LogP contribution in [0.2, 0.25) is 0 Å². The zero-order valence-electron chi connectivity index (χ0n) is 15.5. The number of carbonyl (C=O) groups excluding carboxylic acids is 1. The van der Waals surface area contributed by atoms with Crippen LogP contribution in [0.5, 0.6) is 0 Å². The molecule has 1 aromatic rings. The lowest BCUT2D eigenvalue weighted by molar-refractivity contribution is 0.167. The summed E-state index contributed by atoms with van der Waals surface area (Å²) < 4.78 is 13.6. The lowest BCUT2D eigenvalue weighted by Gasteiger charge is -2.36. The molecule has 0 aliphatic carbocycles. The van der Waals surface area contributed by atoms with Crippen LogP contribution in [0.15, 0.2) is 40.1 Å². The number of carbonyl (C=O) groups is 1. The fourth-order valence-corrected chi connectivity index (χ4v) is 3.48. The molecule has 1 saturated heterocycles. The maximum Gasteiger partial charge on any atom is 0.321 e. The number of halogens is 1. The van der Waals surface area contributed by atoms with Crippen molar-refractivity contribution < 1.29 is 9.18 Å². The summed E-state index contributed by atoms with van der Waals surface area (Å²) in [5.74, 6) is 1.52. The van der Waals surface area contributed by atoms with Gasteiger partial charge >= 0.3 is 6.03 Å². The van der Waals surface area contributed by atoms with Gasteiger partial charge in [0.15, 0.2) is 0 Å². The van der Waals surface area contributed by atoms with Crippen LogP contribution >= 0.6 is 0 Å². The number of hydrogen-bond acceptors (Lipinski definition) is 5. The smallest absolute Gasteiger partial charge is 0.321 e. The van der Waals surface area contributed by atoms with Crippen LogP contribution in [-0.2, 0) is 0 Å². The van der Waals surface area contributed by atoms with Crippen LogP contribution in [0.25, 0.3) is 0 Å². The molecule has 1 atom stereocenters. The molecule has 8 heteroatoms. The Bertz CT molecular complexity index is 841. The molecule has 3 heterocycles. The quantitative estimate of drug-likeness (QED) is 0.869. The van der Waals surface area contributed by atoms with Gasteiger partial charge in [-0.2, -0.15) is 0 Å². The number of benzene rings is 1. The molecule has 3 aliphatic heterocycles. The topological polar surface area (TPSA) is 63.5 Å². The normalized spacial score (nSPS) is 21.7. The predicted molar refractivity (Wildman–Crippen MR) is 103 cm³/mol. The summed E-state index contributed by atoms with van der Waals surface area (Å²) in [6, 6.07) is 4.78. The molecule has 3 aliphatic rings. The molecule has 0 aromatic heterocycles. The summed E-state index contributed by atoms with van der Waals surface area (Å²) in [6.07, 6.45) is 3.85. The van der Waals surface area contributed by atoms with Gasteiger partial charge in [-0.05, 0) is 26.0 Å². The number of aliphatic imine (C=N–C) groups is 2. The van der Waals surface area contributed by atoms with Crippen LogP contribution < -0.4 is 5.32 Å². The average molecular weight is 370 g/mol. The molecule has 27 heavy (non-hydrogen) atoms. The minimum atomic E-state index is -0.321. The first-order chi connectivity index (χ1) is 13.0. The average Bonchev–Trinajstić information content (AvgIpc) is 3.04. The van der Waals surface area contributed by atoms with E-state index < -0.39 is 0 Å². The highest BCUT2D eigenvalue weighted by Gasteiger charge is 2.27. The van der Waals surface area contributed by atoms with E-state index in [-0.39, 0.29) is 17.9 Å². The zero-order chi connectivity index (χ0) is 19.0. The Labute approximate surface area is 157 Å². The minimum Gasteiger partial charge on any atom is -0.353 e. The van der Waals surface area contributed by atoms with Crippen LogP contribution in [0.4, 0.5) is 14.9 Å². The molecule has 1 N–H and O–H groups in total. The van der Waals surface area contributed by atoms with Gasteiger partial charge in [-0.3, -0.25) is 4.99 Å². The number of nitrogens with one attached hydrogen (secondary N) is 1. The van der Waals surface area contributed by atoms with E-state index in [4.69, 9.17) is 0 Å². The summed E-state index contributed by atoms with van der Waals surface area (Å²) >= 11 is 0. The van der Waals surface area contributed by atoms with Gasteiger partial charge in [0, 0.05) is 50.1 Å². The van der Waals surface area contributed by atoms with Gasteiger partial charge in [0.25, 0.3) is 0 Å². The SMILES string of the molecule is Cc1c(F)cccc1NC(=O)N1CCN(C2=CC3=N[C@H](C)CN3C=N2)CC1. The summed E-state index contributed by atoms with van der Waals surface area (Å²) in [4.78, 5) is 27.6. The van der Waals surface area contributed by atoms with Crippen LogP contribution in [0.1, 0.15) is 12.5 Å². The van der Waals surface area contributed by atoms with E-state index in [9.17, 15) is 9.18 Å². The molecule has 1 aromatic carbocycles. The monoisotopic (exact) mass is 370 g/mol. The Morgan fingerprint density at radius 2 is 2.04 bits per heavy atom. The van der Waals surface area contributed by atoms with E-state index in [1.54, 1.807) is 24.0 Å². The third-order valence-electron chi connectivity index (χ3n) is 5.10. The maximum absolute atomic E-state index is 13.6. The maximum atomic E-state index is 13.6. The fourth-order valence-electron chi connectivity index (χ4n) is 3.48. The van der Waals surface area contributed by atoms with E-state index in [1.165, 1.54) is 6.07 Å². The summed E-state index contributed by atoms with van der Waals surface area (Å²) in [6.45, 7) is 7.18. The molecule has 0 unspecified atom stereocenters. The molecule has 142 valence electrons. The molecule has 7 nitrogen and oxygen atoms in total. The molecule has 0 radical (unpaired) electrons. The number of nitrogens with zero attached hydrogens (tertiary/aromatic N) is 5. The Kier molecular flexibility index (Phi) is 4.55. The molecule has 2 amide bonds. The van der Waals surface area contributed by atoms with E-state index in [0.29, 0.717) is 37.4 Å². The highest BCUT2D eigenvalue weighted by molar-refractivity contribution is 6.03. The first-order valence-electron chi connectivity index (χ1n) is 9.17. The standard InChI is InChI=1S/C19H23FN6O/c1-13-11-26-12-21-17(10-18(26)22-13)24-6-8-25(9-7-24)19(27)23-16-5-3-4-15(20)14(16)2/h3-5,10,12-13H,6-9,11H2,1-2H3,(H,23,27)/t13-/m1/s1. The number of rotatable bonds is 2. The molecule has 0 spiro atoms. The molecule has 0 saturated carbocycles. The summed E-state index contributed by atoms with van der Waals surface area (Å²) in [7, 11) is 0. The van der Waals surface area contributed by atoms with Gasteiger partial charge < -0.3 is 20.0 Å². The number of piperazine rings is 1. The van der Waals surface area contributed by atoms with Gasteiger partial charge in [0.05, 0.1) is 12.4 Å². The van der Waals surface area contributed by atoms with Crippen LogP contribution in [0, 0.1) is 12.7 Å². The predicted octanol–water partition coefficient (Wildman–Crippen LogP) is 2.27. The van der Waals surface area contributed by atoms with Crippen molar-refractivity contribution in [1.29, 1.82) is 0 Å². The molecule has 0 bridgehead atoms. The van der Waals surface area contributed by atoms with Crippen molar-refractivity contribution in [3.63, 3.8) is 0 Å². The Balaban J connectivity index is 1.36. The molecule has 4 rings (SSSR count). The van der Waals surface area contributed by atoms with Crippen molar-refractivity contribution in [3.05, 3.63) is 41.5 Å². The van der Waals surface area contributed by atoms with Gasteiger partial charge in [-0.25, -0.2) is 14.2 Å². The Morgan fingerprint density at radius 1 is 1.26 bits per heavy atom. The Hall–Kier alpha value is -2.90. The largest absolute Gasteiger partial charge is 0.353 e. The zero-order valence-corrected chi connectivity index (χ0v) is 15.5. The number of fused-ring (bicyclic) bond motifs is 1.